The van der Waals surface area contributed by atoms with Crippen molar-refractivity contribution in [3.05, 3.63) is 58.5 Å². The first-order valence-electron chi connectivity index (χ1n) is 7.09. The molecule has 8 nitrogen and oxygen atoms in total. The first-order chi connectivity index (χ1) is 11.2. The van der Waals surface area contributed by atoms with Crippen molar-refractivity contribution >= 4 is 10.9 Å². The number of nitrogens with zero attached hydrogens (tertiary/aromatic N) is 5. The van der Waals surface area contributed by atoms with Crippen molar-refractivity contribution in [3.8, 4) is 11.3 Å². The lowest BCUT2D eigenvalue weighted by Crippen LogP contribution is -2.05. The van der Waals surface area contributed by atoms with Crippen molar-refractivity contribution in [3.63, 3.8) is 0 Å². The maximum Gasteiger partial charge on any atom is 0.340 e. The van der Waals surface area contributed by atoms with Gasteiger partial charge in [0.25, 0.3) is 0 Å². The number of fused-ring (bicyclic) bond motifs is 1. The molecule has 4 aromatic rings. The number of nitrogens with one attached hydrogen (secondary N) is 2. The van der Waals surface area contributed by atoms with Crippen molar-refractivity contribution in [2.75, 3.05) is 0 Å². The molecule has 0 saturated heterocycles. The van der Waals surface area contributed by atoms with E-state index in [1.807, 2.05) is 37.4 Å². The van der Waals surface area contributed by atoms with Gasteiger partial charge < -0.3 is 0 Å². The van der Waals surface area contributed by atoms with Gasteiger partial charge in [-0.3, -0.25) is 9.97 Å². The third-order valence-electron chi connectivity index (χ3n) is 3.65. The summed E-state index contributed by atoms with van der Waals surface area (Å²) in [7, 11) is 0. The zero-order valence-electron chi connectivity index (χ0n) is 12.3. The Balaban J connectivity index is 1.74. The monoisotopic (exact) mass is 307 g/mol. The minimum atomic E-state index is -0.337. The lowest BCUT2D eigenvalue weighted by Gasteiger charge is -2.05. The van der Waals surface area contributed by atoms with Crippen LogP contribution in [0.2, 0.25) is 0 Å². The Bertz CT molecular complexity index is 1040. The van der Waals surface area contributed by atoms with Crippen molar-refractivity contribution in [1.29, 1.82) is 0 Å². The predicted molar refractivity (Wildman–Crippen MR) is 83.8 cm³/mol. The van der Waals surface area contributed by atoms with E-state index in [9.17, 15) is 4.79 Å². The summed E-state index contributed by atoms with van der Waals surface area (Å²) in [5.41, 5.74) is 3.46. The zero-order valence-corrected chi connectivity index (χ0v) is 12.3. The van der Waals surface area contributed by atoms with Crippen LogP contribution >= 0.6 is 0 Å². The average molecular weight is 307 g/mol. The molecular weight excluding hydrogens is 294 g/mol. The van der Waals surface area contributed by atoms with E-state index in [1.54, 1.807) is 10.9 Å². The van der Waals surface area contributed by atoms with E-state index >= 15 is 0 Å². The molecule has 0 aliphatic carbocycles. The van der Waals surface area contributed by atoms with Gasteiger partial charge in [-0.25, -0.2) is 14.6 Å². The fraction of sp³-hybridized carbons (Fsp3) is 0.133. The molecule has 2 N–H and O–H groups in total. The number of aromatic amines is 2. The molecule has 0 unspecified atom stereocenters. The maximum atomic E-state index is 11.1. The van der Waals surface area contributed by atoms with Crippen molar-refractivity contribution in [2.24, 2.45) is 0 Å². The number of benzene rings is 1. The fourth-order valence-electron chi connectivity index (χ4n) is 2.57. The first-order valence-corrected chi connectivity index (χ1v) is 7.09. The molecule has 0 aliphatic rings. The largest absolute Gasteiger partial charge is 0.340 e. The van der Waals surface area contributed by atoms with Crippen LogP contribution < -0.4 is 5.69 Å². The molecule has 0 amide bonds. The second-order valence-electron chi connectivity index (χ2n) is 5.26. The van der Waals surface area contributed by atoms with Crippen molar-refractivity contribution in [1.82, 2.24) is 35.2 Å². The maximum absolute atomic E-state index is 11.1. The van der Waals surface area contributed by atoms with Crippen LogP contribution in [0.4, 0.5) is 0 Å². The molecule has 0 spiro atoms. The second kappa shape index (κ2) is 5.16. The van der Waals surface area contributed by atoms with Gasteiger partial charge in [0.2, 0.25) is 0 Å². The number of aromatic nitrogens is 7. The Labute approximate surface area is 130 Å². The lowest BCUT2D eigenvalue weighted by atomic mass is 10.0. The van der Waals surface area contributed by atoms with E-state index in [2.05, 4.69) is 30.5 Å². The molecule has 3 aromatic heterocycles. The predicted octanol–water partition coefficient (Wildman–Crippen LogP) is 1.26. The van der Waals surface area contributed by atoms with Crippen LogP contribution in [-0.2, 0) is 6.54 Å². The second-order valence-corrected chi connectivity index (χ2v) is 5.26. The van der Waals surface area contributed by atoms with Gasteiger partial charge in [-0.2, -0.15) is 5.10 Å². The van der Waals surface area contributed by atoms with Gasteiger partial charge in [-0.05, 0) is 18.6 Å². The number of rotatable bonds is 3. The summed E-state index contributed by atoms with van der Waals surface area (Å²) in [6.07, 6.45) is 3.61. The molecule has 8 heteroatoms. The molecule has 114 valence electrons. The summed E-state index contributed by atoms with van der Waals surface area (Å²) in [4.78, 5) is 18.1. The van der Waals surface area contributed by atoms with E-state index in [-0.39, 0.29) is 5.69 Å². The fourth-order valence-corrected chi connectivity index (χ4v) is 2.57. The van der Waals surface area contributed by atoms with Gasteiger partial charge in [-0.1, -0.05) is 23.4 Å². The van der Waals surface area contributed by atoms with E-state index < -0.39 is 0 Å². The van der Waals surface area contributed by atoms with E-state index in [1.165, 1.54) is 0 Å². The highest BCUT2D eigenvalue weighted by molar-refractivity contribution is 5.95. The summed E-state index contributed by atoms with van der Waals surface area (Å²) in [5.74, 6) is 0.502. The van der Waals surface area contributed by atoms with Crippen LogP contribution in [-0.4, -0.2) is 35.2 Å². The van der Waals surface area contributed by atoms with Crippen LogP contribution in [0.15, 0.2) is 41.5 Å². The number of pyridine rings is 1. The summed E-state index contributed by atoms with van der Waals surface area (Å²) in [5, 5.41) is 15.5. The molecule has 0 bridgehead atoms. The standard InChI is InChI=1S/C15H13N7O/c1-9-4-5-10(11-3-2-6-16-14(9)11)12-7-22(21-18-12)8-13-17-15(23)20-19-13/h2-7H,8H2,1H3,(H2,17,19,20,23). The minimum absolute atomic E-state index is 0.337. The Kier molecular flexibility index (Phi) is 3.00. The highest BCUT2D eigenvalue weighted by Crippen LogP contribution is 2.27. The quantitative estimate of drug-likeness (QED) is 0.593. The average Bonchev–Trinajstić information content (AvgIpc) is 3.18. The Morgan fingerprint density at radius 1 is 1.26 bits per heavy atom. The number of H-pyrrole nitrogens is 2. The topological polar surface area (TPSA) is 105 Å². The molecule has 0 saturated carbocycles. The molecule has 0 fully saturated rings. The molecule has 1 aromatic carbocycles. The van der Waals surface area contributed by atoms with Gasteiger partial charge in [0, 0.05) is 17.1 Å². The van der Waals surface area contributed by atoms with Crippen molar-refractivity contribution in [2.45, 2.75) is 13.5 Å². The van der Waals surface area contributed by atoms with E-state index in [0.717, 1.165) is 27.7 Å². The van der Waals surface area contributed by atoms with Gasteiger partial charge in [0.05, 0.1) is 11.7 Å². The molecule has 0 atom stereocenters. The summed E-state index contributed by atoms with van der Waals surface area (Å²) in [6.45, 7) is 2.37. The zero-order chi connectivity index (χ0) is 15.8. The number of aryl methyl sites for hydroxylation is 1. The first kappa shape index (κ1) is 13.4. The molecule has 23 heavy (non-hydrogen) atoms. The SMILES string of the molecule is Cc1ccc(-c2cn(Cc3n[nH]c(=O)[nH]3)nn2)c2cccnc12. The molecule has 4 rings (SSSR count). The van der Waals surface area contributed by atoms with Crippen LogP contribution in [0.1, 0.15) is 11.4 Å². The van der Waals surface area contributed by atoms with Crippen LogP contribution in [0.25, 0.3) is 22.2 Å². The molecule has 0 aliphatic heterocycles. The van der Waals surface area contributed by atoms with Crippen molar-refractivity contribution < 1.29 is 0 Å². The Morgan fingerprint density at radius 2 is 2.17 bits per heavy atom. The molecule has 3 heterocycles. The normalized spacial score (nSPS) is 11.2. The van der Waals surface area contributed by atoms with Crippen LogP contribution in [0.5, 0.6) is 0 Å². The van der Waals surface area contributed by atoms with Gasteiger partial charge >= 0.3 is 5.69 Å². The lowest BCUT2D eigenvalue weighted by molar-refractivity contribution is 0.626. The van der Waals surface area contributed by atoms with Gasteiger partial charge in [0.15, 0.2) is 5.82 Å². The van der Waals surface area contributed by atoms with Crippen LogP contribution in [0.3, 0.4) is 0 Å². The highest BCUT2D eigenvalue weighted by Gasteiger charge is 2.11. The third-order valence-corrected chi connectivity index (χ3v) is 3.65. The van der Waals surface area contributed by atoms with E-state index in [0.29, 0.717) is 12.4 Å². The summed E-state index contributed by atoms with van der Waals surface area (Å²) >= 11 is 0. The van der Waals surface area contributed by atoms with E-state index in [4.69, 9.17) is 0 Å². The third kappa shape index (κ3) is 2.39. The highest BCUT2D eigenvalue weighted by atomic mass is 16.1. The molecular formula is C15H13N7O. The summed E-state index contributed by atoms with van der Waals surface area (Å²) < 4.78 is 1.63. The Morgan fingerprint density at radius 3 is 3.00 bits per heavy atom. The summed E-state index contributed by atoms with van der Waals surface area (Å²) in [6, 6.07) is 7.97. The smallest absolute Gasteiger partial charge is 0.291 e. The Hall–Kier alpha value is -3.29. The number of hydrogen-bond donors (Lipinski definition) is 2. The number of hydrogen-bond acceptors (Lipinski definition) is 5. The van der Waals surface area contributed by atoms with Gasteiger partial charge in [0.1, 0.15) is 12.2 Å². The van der Waals surface area contributed by atoms with Crippen LogP contribution in [0, 0.1) is 6.92 Å². The van der Waals surface area contributed by atoms with Gasteiger partial charge in [-0.15, -0.1) is 5.10 Å². The minimum Gasteiger partial charge on any atom is -0.291 e. The molecule has 0 radical (unpaired) electrons.